The first-order valence-electron chi connectivity index (χ1n) is 5.85. The fraction of sp³-hybridized carbons (Fsp3) is 0.308. The molecule has 3 rings (SSSR count). The van der Waals surface area contributed by atoms with E-state index in [0.717, 1.165) is 42.1 Å². The highest BCUT2D eigenvalue weighted by Gasteiger charge is 2.13. The van der Waals surface area contributed by atoms with Crippen molar-refractivity contribution in [3.05, 3.63) is 35.5 Å². The molecule has 1 fully saturated rings. The van der Waals surface area contributed by atoms with Gasteiger partial charge in [-0.05, 0) is 12.1 Å². The average Bonchev–Trinajstić information content (AvgIpc) is 2.40. The minimum Gasteiger partial charge on any atom is -0.368 e. The maximum absolute atomic E-state index is 6.17. The topological polar surface area (TPSA) is 28.2 Å². The zero-order valence-electron chi connectivity index (χ0n) is 9.49. The van der Waals surface area contributed by atoms with Gasteiger partial charge in [0.1, 0.15) is 0 Å². The number of anilines is 1. The van der Waals surface area contributed by atoms with Crippen LogP contribution >= 0.6 is 11.6 Å². The van der Waals surface area contributed by atoms with Gasteiger partial charge >= 0.3 is 0 Å². The Morgan fingerprint density at radius 2 is 2.00 bits per heavy atom. The average molecular weight is 248 g/mol. The van der Waals surface area contributed by atoms with Gasteiger partial charge in [0, 0.05) is 43.4 Å². The van der Waals surface area contributed by atoms with E-state index in [4.69, 9.17) is 11.6 Å². The monoisotopic (exact) mass is 247 g/mol. The fourth-order valence-corrected chi connectivity index (χ4v) is 2.53. The summed E-state index contributed by atoms with van der Waals surface area (Å²) >= 11 is 6.17. The lowest BCUT2D eigenvalue weighted by molar-refractivity contribution is 0.590. The predicted octanol–water partition coefficient (Wildman–Crippen LogP) is 2.30. The number of nitrogens with one attached hydrogen (secondary N) is 1. The highest BCUT2D eigenvalue weighted by molar-refractivity contribution is 6.35. The molecule has 1 aromatic heterocycles. The van der Waals surface area contributed by atoms with Crippen LogP contribution in [0.1, 0.15) is 0 Å². The molecule has 0 aliphatic carbocycles. The number of fused-ring (bicyclic) bond motifs is 1. The van der Waals surface area contributed by atoms with E-state index in [1.165, 1.54) is 5.69 Å². The molecule has 1 saturated heterocycles. The van der Waals surface area contributed by atoms with Crippen LogP contribution in [0, 0.1) is 0 Å². The number of para-hydroxylation sites is 1. The summed E-state index contributed by atoms with van der Waals surface area (Å²) in [5.41, 5.74) is 2.13. The van der Waals surface area contributed by atoms with Gasteiger partial charge in [-0.2, -0.15) is 0 Å². The molecule has 2 aromatic rings. The minimum atomic E-state index is 0.722. The van der Waals surface area contributed by atoms with E-state index in [2.05, 4.69) is 27.3 Å². The Morgan fingerprint density at radius 3 is 2.82 bits per heavy atom. The summed E-state index contributed by atoms with van der Waals surface area (Å²) in [6.07, 6.45) is 1.84. The molecule has 3 nitrogen and oxygen atoms in total. The smallest absolute Gasteiger partial charge is 0.0908 e. The Balaban J connectivity index is 2.12. The van der Waals surface area contributed by atoms with E-state index < -0.39 is 0 Å². The number of rotatable bonds is 1. The van der Waals surface area contributed by atoms with Crippen LogP contribution < -0.4 is 10.2 Å². The van der Waals surface area contributed by atoms with Crippen LogP contribution in [0.5, 0.6) is 0 Å². The van der Waals surface area contributed by atoms with Crippen LogP contribution in [-0.4, -0.2) is 31.2 Å². The maximum Gasteiger partial charge on any atom is 0.0908 e. The first kappa shape index (κ1) is 10.8. The van der Waals surface area contributed by atoms with Crippen LogP contribution in [0.25, 0.3) is 10.9 Å². The molecule has 0 bridgehead atoms. The molecule has 1 N–H and O–H groups in total. The molecule has 0 saturated carbocycles. The number of hydrogen-bond acceptors (Lipinski definition) is 3. The van der Waals surface area contributed by atoms with Crippen molar-refractivity contribution in [1.82, 2.24) is 10.3 Å². The molecule has 0 spiro atoms. The molecule has 0 unspecified atom stereocenters. The van der Waals surface area contributed by atoms with E-state index in [-0.39, 0.29) is 0 Å². The summed E-state index contributed by atoms with van der Waals surface area (Å²) in [5.74, 6) is 0. The Morgan fingerprint density at radius 1 is 1.18 bits per heavy atom. The standard InChI is InChI=1S/C13H14ClN3/c14-11-3-1-2-10-12(4-5-16-13(10)11)17-8-6-15-7-9-17/h1-5,15H,6-9H2. The van der Waals surface area contributed by atoms with Crippen LogP contribution in [-0.2, 0) is 0 Å². The molecule has 1 aliphatic heterocycles. The van der Waals surface area contributed by atoms with Gasteiger partial charge < -0.3 is 10.2 Å². The van der Waals surface area contributed by atoms with Gasteiger partial charge in [0.15, 0.2) is 0 Å². The highest BCUT2D eigenvalue weighted by Crippen LogP contribution is 2.29. The van der Waals surface area contributed by atoms with Crippen LogP contribution in [0.15, 0.2) is 30.5 Å². The van der Waals surface area contributed by atoms with Crippen LogP contribution in [0.2, 0.25) is 5.02 Å². The molecule has 0 amide bonds. The molecular formula is C13H14ClN3. The minimum absolute atomic E-state index is 0.722. The van der Waals surface area contributed by atoms with Crippen molar-refractivity contribution in [2.24, 2.45) is 0 Å². The molecule has 2 heterocycles. The fourth-order valence-electron chi connectivity index (χ4n) is 2.31. The van der Waals surface area contributed by atoms with Crippen molar-refractivity contribution in [2.75, 3.05) is 31.1 Å². The van der Waals surface area contributed by atoms with Gasteiger partial charge in [0.25, 0.3) is 0 Å². The Labute approximate surface area is 105 Å². The SMILES string of the molecule is Clc1cccc2c(N3CCNCC3)ccnc12. The third-order valence-electron chi connectivity index (χ3n) is 3.16. The second kappa shape index (κ2) is 4.51. The molecule has 1 aliphatic rings. The largest absolute Gasteiger partial charge is 0.368 e. The third kappa shape index (κ3) is 1.96. The number of pyridine rings is 1. The lowest BCUT2D eigenvalue weighted by Crippen LogP contribution is -2.43. The summed E-state index contributed by atoms with van der Waals surface area (Å²) in [6.45, 7) is 4.13. The van der Waals surface area contributed by atoms with Crippen molar-refractivity contribution in [3.63, 3.8) is 0 Å². The molecule has 0 radical (unpaired) electrons. The maximum atomic E-state index is 6.17. The third-order valence-corrected chi connectivity index (χ3v) is 3.46. The van der Waals surface area contributed by atoms with Gasteiger partial charge in [0.2, 0.25) is 0 Å². The zero-order chi connectivity index (χ0) is 11.7. The van der Waals surface area contributed by atoms with E-state index in [1.54, 1.807) is 0 Å². The van der Waals surface area contributed by atoms with Gasteiger partial charge in [0.05, 0.1) is 10.5 Å². The molecule has 88 valence electrons. The van der Waals surface area contributed by atoms with Gasteiger partial charge in [-0.3, -0.25) is 4.98 Å². The predicted molar refractivity (Wildman–Crippen MR) is 71.8 cm³/mol. The highest BCUT2D eigenvalue weighted by atomic mass is 35.5. The second-order valence-electron chi connectivity index (χ2n) is 4.20. The van der Waals surface area contributed by atoms with E-state index in [9.17, 15) is 0 Å². The summed E-state index contributed by atoms with van der Waals surface area (Å²) in [6, 6.07) is 8.03. The Kier molecular flexibility index (Phi) is 2.87. The lowest BCUT2D eigenvalue weighted by atomic mass is 10.1. The summed E-state index contributed by atoms with van der Waals surface area (Å²) in [4.78, 5) is 6.75. The molecule has 17 heavy (non-hydrogen) atoms. The summed E-state index contributed by atoms with van der Waals surface area (Å²) in [5, 5.41) is 5.22. The Bertz CT molecular complexity index is 535. The first-order chi connectivity index (χ1) is 8.36. The van der Waals surface area contributed by atoms with Crippen molar-refractivity contribution in [1.29, 1.82) is 0 Å². The number of benzene rings is 1. The molecule has 0 atom stereocenters. The van der Waals surface area contributed by atoms with Crippen LogP contribution in [0.3, 0.4) is 0 Å². The van der Waals surface area contributed by atoms with E-state index >= 15 is 0 Å². The van der Waals surface area contributed by atoms with Gasteiger partial charge in [-0.15, -0.1) is 0 Å². The lowest BCUT2D eigenvalue weighted by Gasteiger charge is -2.30. The first-order valence-corrected chi connectivity index (χ1v) is 6.23. The number of nitrogens with zero attached hydrogens (tertiary/aromatic N) is 2. The summed E-state index contributed by atoms with van der Waals surface area (Å²) < 4.78 is 0. The van der Waals surface area contributed by atoms with Crippen molar-refractivity contribution in [3.8, 4) is 0 Å². The number of aromatic nitrogens is 1. The van der Waals surface area contributed by atoms with Gasteiger partial charge in [-0.1, -0.05) is 23.7 Å². The molecule has 1 aromatic carbocycles. The quantitative estimate of drug-likeness (QED) is 0.838. The van der Waals surface area contributed by atoms with Gasteiger partial charge in [-0.25, -0.2) is 0 Å². The number of piperazine rings is 1. The van der Waals surface area contributed by atoms with E-state index in [1.807, 2.05) is 18.3 Å². The van der Waals surface area contributed by atoms with E-state index in [0.29, 0.717) is 0 Å². The van der Waals surface area contributed by atoms with Crippen LogP contribution in [0.4, 0.5) is 5.69 Å². The Hall–Kier alpha value is -1.32. The normalized spacial score (nSPS) is 16.4. The van der Waals surface area contributed by atoms with Crippen molar-refractivity contribution < 1.29 is 0 Å². The summed E-state index contributed by atoms with van der Waals surface area (Å²) in [7, 11) is 0. The number of hydrogen-bond donors (Lipinski definition) is 1. The zero-order valence-corrected chi connectivity index (χ0v) is 10.2. The van der Waals surface area contributed by atoms with Crippen molar-refractivity contribution >= 4 is 28.2 Å². The van der Waals surface area contributed by atoms with Crippen molar-refractivity contribution in [2.45, 2.75) is 0 Å². The molecular weight excluding hydrogens is 234 g/mol. The number of halogens is 1. The second-order valence-corrected chi connectivity index (χ2v) is 4.61. The molecule has 4 heteroatoms.